The third-order valence-electron chi connectivity index (χ3n) is 2.47. The normalized spacial score (nSPS) is 10.4. The number of Topliss-reactive ketones (excluding diaryl/α,β-unsaturated/α-hetero) is 1. The zero-order valence-corrected chi connectivity index (χ0v) is 11.8. The highest BCUT2D eigenvalue weighted by Crippen LogP contribution is 2.25. The number of carbonyl (C=O) groups excluding carboxylic acids is 1. The molecule has 0 amide bonds. The molecule has 1 aromatic heterocycles. The SMILES string of the molecule is COc1cccc(-c2nc(Br)cn2CC(C)=O)c1. The Balaban J connectivity index is 2.45. The van der Waals surface area contributed by atoms with E-state index in [2.05, 4.69) is 20.9 Å². The van der Waals surface area contributed by atoms with Crippen molar-refractivity contribution in [1.29, 1.82) is 0 Å². The van der Waals surface area contributed by atoms with Crippen molar-refractivity contribution in [3.8, 4) is 17.1 Å². The van der Waals surface area contributed by atoms with Crippen LogP contribution in [0.15, 0.2) is 35.1 Å². The number of benzene rings is 1. The molecule has 0 atom stereocenters. The van der Waals surface area contributed by atoms with E-state index < -0.39 is 0 Å². The first-order valence-corrected chi connectivity index (χ1v) is 6.26. The van der Waals surface area contributed by atoms with E-state index in [9.17, 15) is 4.79 Å². The maximum atomic E-state index is 11.2. The largest absolute Gasteiger partial charge is 0.497 e. The lowest BCUT2D eigenvalue weighted by Gasteiger charge is -2.07. The third-order valence-corrected chi connectivity index (χ3v) is 2.85. The van der Waals surface area contributed by atoms with E-state index >= 15 is 0 Å². The molecule has 2 aromatic rings. The number of methoxy groups -OCH3 is 1. The van der Waals surface area contributed by atoms with Crippen LogP contribution in [0.4, 0.5) is 0 Å². The van der Waals surface area contributed by atoms with Crippen molar-refractivity contribution >= 4 is 21.7 Å². The summed E-state index contributed by atoms with van der Waals surface area (Å²) in [6.45, 7) is 1.87. The number of ether oxygens (including phenoxy) is 1. The monoisotopic (exact) mass is 308 g/mol. The van der Waals surface area contributed by atoms with Crippen LogP contribution in [-0.4, -0.2) is 22.4 Å². The lowest BCUT2D eigenvalue weighted by atomic mass is 10.2. The second-order valence-corrected chi connectivity index (χ2v) is 4.76. The maximum absolute atomic E-state index is 11.2. The van der Waals surface area contributed by atoms with Gasteiger partial charge in [-0.25, -0.2) is 4.98 Å². The molecule has 1 aromatic carbocycles. The maximum Gasteiger partial charge on any atom is 0.149 e. The lowest BCUT2D eigenvalue weighted by Crippen LogP contribution is -2.06. The lowest BCUT2D eigenvalue weighted by molar-refractivity contribution is -0.117. The summed E-state index contributed by atoms with van der Waals surface area (Å²) in [5.41, 5.74) is 0.918. The van der Waals surface area contributed by atoms with Crippen molar-refractivity contribution in [2.75, 3.05) is 7.11 Å². The van der Waals surface area contributed by atoms with Crippen molar-refractivity contribution < 1.29 is 9.53 Å². The van der Waals surface area contributed by atoms with Crippen LogP contribution < -0.4 is 4.74 Å². The molecule has 0 bridgehead atoms. The number of hydrogen-bond donors (Lipinski definition) is 0. The van der Waals surface area contributed by atoms with Crippen LogP contribution in [0.2, 0.25) is 0 Å². The Labute approximate surface area is 114 Å². The summed E-state index contributed by atoms with van der Waals surface area (Å²) in [5, 5.41) is 0. The molecule has 2 rings (SSSR count). The fraction of sp³-hybridized carbons (Fsp3) is 0.231. The Morgan fingerprint density at radius 3 is 2.94 bits per heavy atom. The van der Waals surface area contributed by atoms with Gasteiger partial charge in [0.15, 0.2) is 0 Å². The summed E-state index contributed by atoms with van der Waals surface area (Å²) in [5.74, 6) is 1.60. The molecule has 5 heteroatoms. The minimum absolute atomic E-state index is 0.0871. The van der Waals surface area contributed by atoms with Crippen molar-refractivity contribution in [3.63, 3.8) is 0 Å². The van der Waals surface area contributed by atoms with E-state index in [-0.39, 0.29) is 5.78 Å². The van der Waals surface area contributed by atoms with Gasteiger partial charge in [0.25, 0.3) is 0 Å². The number of imidazole rings is 1. The molecule has 1 heterocycles. The Hall–Kier alpha value is -1.62. The standard InChI is InChI=1S/C13H13BrN2O2/c1-9(17)7-16-8-12(14)15-13(16)10-4-3-5-11(6-10)18-2/h3-6,8H,7H2,1-2H3. The van der Waals surface area contributed by atoms with Gasteiger partial charge in [0, 0.05) is 11.8 Å². The van der Waals surface area contributed by atoms with E-state index in [1.807, 2.05) is 28.8 Å². The second kappa shape index (κ2) is 5.35. The summed E-state index contributed by atoms with van der Waals surface area (Å²) in [6.07, 6.45) is 1.80. The van der Waals surface area contributed by atoms with Gasteiger partial charge in [0.2, 0.25) is 0 Å². The molecule has 0 unspecified atom stereocenters. The summed E-state index contributed by atoms with van der Waals surface area (Å²) >= 11 is 3.33. The highest BCUT2D eigenvalue weighted by molar-refractivity contribution is 9.10. The average Bonchev–Trinajstić information content (AvgIpc) is 2.69. The number of carbonyl (C=O) groups is 1. The fourth-order valence-electron chi connectivity index (χ4n) is 1.74. The predicted molar refractivity (Wildman–Crippen MR) is 72.6 cm³/mol. The molecule has 0 saturated heterocycles. The molecular weight excluding hydrogens is 296 g/mol. The minimum Gasteiger partial charge on any atom is -0.497 e. The van der Waals surface area contributed by atoms with Crippen molar-refractivity contribution in [2.24, 2.45) is 0 Å². The van der Waals surface area contributed by atoms with Gasteiger partial charge < -0.3 is 9.30 Å². The van der Waals surface area contributed by atoms with Gasteiger partial charge in [-0.3, -0.25) is 4.79 Å². The van der Waals surface area contributed by atoms with E-state index in [0.29, 0.717) is 11.1 Å². The fourth-order valence-corrected chi connectivity index (χ4v) is 2.15. The van der Waals surface area contributed by atoms with E-state index in [4.69, 9.17) is 4.74 Å². The summed E-state index contributed by atoms with van der Waals surface area (Å²) in [6, 6.07) is 7.60. The molecule has 0 spiro atoms. The van der Waals surface area contributed by atoms with Gasteiger partial charge in [0.05, 0.1) is 13.7 Å². The Morgan fingerprint density at radius 2 is 2.28 bits per heavy atom. The van der Waals surface area contributed by atoms with Crippen molar-refractivity contribution in [2.45, 2.75) is 13.5 Å². The molecule has 18 heavy (non-hydrogen) atoms. The molecule has 0 saturated carbocycles. The topological polar surface area (TPSA) is 44.1 Å². The molecule has 4 nitrogen and oxygen atoms in total. The quantitative estimate of drug-likeness (QED) is 0.872. The van der Waals surface area contributed by atoms with E-state index in [0.717, 1.165) is 17.1 Å². The van der Waals surface area contributed by atoms with Crippen LogP contribution >= 0.6 is 15.9 Å². The number of aromatic nitrogens is 2. The van der Waals surface area contributed by atoms with E-state index in [1.165, 1.54) is 0 Å². The third kappa shape index (κ3) is 2.79. The zero-order valence-electron chi connectivity index (χ0n) is 10.2. The van der Waals surface area contributed by atoms with Crippen LogP contribution in [-0.2, 0) is 11.3 Å². The predicted octanol–water partition coefficient (Wildman–Crippen LogP) is 2.91. The number of ketones is 1. The summed E-state index contributed by atoms with van der Waals surface area (Å²) in [4.78, 5) is 15.6. The molecule has 0 N–H and O–H groups in total. The first kappa shape index (κ1) is 12.8. The molecule has 0 aliphatic carbocycles. The van der Waals surface area contributed by atoms with Crippen LogP contribution in [0.5, 0.6) is 5.75 Å². The highest BCUT2D eigenvalue weighted by Gasteiger charge is 2.10. The number of halogens is 1. The van der Waals surface area contributed by atoms with Gasteiger partial charge in [-0.05, 0) is 35.0 Å². The molecule has 0 aliphatic heterocycles. The second-order valence-electron chi connectivity index (χ2n) is 3.95. The van der Waals surface area contributed by atoms with Gasteiger partial charge in [0.1, 0.15) is 22.0 Å². The average molecular weight is 309 g/mol. The van der Waals surface area contributed by atoms with Gasteiger partial charge >= 0.3 is 0 Å². The Bertz CT molecular complexity index is 578. The van der Waals surface area contributed by atoms with Gasteiger partial charge in [-0.2, -0.15) is 0 Å². The number of rotatable bonds is 4. The molecule has 94 valence electrons. The first-order valence-electron chi connectivity index (χ1n) is 5.46. The van der Waals surface area contributed by atoms with Gasteiger partial charge in [-0.1, -0.05) is 12.1 Å². The van der Waals surface area contributed by atoms with Crippen molar-refractivity contribution in [1.82, 2.24) is 9.55 Å². The van der Waals surface area contributed by atoms with Crippen LogP contribution in [0.1, 0.15) is 6.92 Å². The molecule has 0 aliphatic rings. The molecule has 0 radical (unpaired) electrons. The molecular formula is C13H13BrN2O2. The smallest absolute Gasteiger partial charge is 0.149 e. The summed E-state index contributed by atoms with van der Waals surface area (Å²) < 4.78 is 7.72. The van der Waals surface area contributed by atoms with Crippen LogP contribution in [0.3, 0.4) is 0 Å². The van der Waals surface area contributed by atoms with Crippen molar-refractivity contribution in [3.05, 3.63) is 35.1 Å². The number of nitrogens with zero attached hydrogens (tertiary/aromatic N) is 2. The van der Waals surface area contributed by atoms with Crippen LogP contribution in [0, 0.1) is 0 Å². The zero-order chi connectivity index (χ0) is 13.1. The number of hydrogen-bond acceptors (Lipinski definition) is 3. The Morgan fingerprint density at radius 1 is 1.50 bits per heavy atom. The summed E-state index contributed by atoms with van der Waals surface area (Å²) in [7, 11) is 1.62. The highest BCUT2D eigenvalue weighted by atomic mass is 79.9. The van der Waals surface area contributed by atoms with Crippen LogP contribution in [0.25, 0.3) is 11.4 Å². The van der Waals surface area contributed by atoms with E-state index in [1.54, 1.807) is 20.2 Å². The first-order chi connectivity index (χ1) is 8.60. The van der Waals surface area contributed by atoms with Gasteiger partial charge in [-0.15, -0.1) is 0 Å². The molecule has 0 fully saturated rings. The Kier molecular flexibility index (Phi) is 3.81. The minimum atomic E-state index is 0.0871.